The largest absolute Gasteiger partial charge is 0.459 e. The van der Waals surface area contributed by atoms with Crippen molar-refractivity contribution in [3.05, 3.63) is 53.2 Å². The maximum atomic E-state index is 14.5. The van der Waals surface area contributed by atoms with Crippen LogP contribution in [0.3, 0.4) is 0 Å². The van der Waals surface area contributed by atoms with E-state index in [1.165, 1.54) is 6.92 Å². The molecule has 73 heavy (non-hydrogen) atoms. The highest BCUT2D eigenvalue weighted by Crippen LogP contribution is 2.40. The summed E-state index contributed by atoms with van der Waals surface area (Å²) in [6.07, 6.45) is 0.00129. The normalized spacial score (nSPS) is 37.2. The number of likely N-dealkylation sites (N-methyl/N-ethyl adjacent to an activating group) is 2. The number of benzene rings is 1. The van der Waals surface area contributed by atoms with E-state index in [1.807, 2.05) is 73.5 Å². The van der Waals surface area contributed by atoms with Gasteiger partial charge in [-0.2, -0.15) is 0 Å². The molecule has 3 fully saturated rings. The van der Waals surface area contributed by atoms with Crippen molar-refractivity contribution in [2.75, 3.05) is 40.9 Å². The molecule has 0 amide bonds. The average Bonchev–Trinajstić information content (AvgIpc) is 3.95. The van der Waals surface area contributed by atoms with Crippen molar-refractivity contribution in [2.45, 2.75) is 219 Å². The highest BCUT2D eigenvalue weighted by Gasteiger charge is 2.51. The van der Waals surface area contributed by atoms with Crippen molar-refractivity contribution >= 4 is 5.97 Å². The molecular weight excluding hydrogens is 937 g/mol. The standard InChI is InChI=1S/C55H90N6O12/c1-16-45-55(12,66)50(63)38(8)60(14)29-32(2)26-54(11,65)51(35(5)49(36(6)52(64)70-45)71-47-28-53(10,67-15)27-34(4)69-47)72-46-25-43(23-33(3)68-46)59(13)22-21-42-30-61(58-56-42)44(31-62)24-40-17-19-41(20-18-40)48-37(7)57-73-39(48)9/h17-20,30,32-36,38,43-47,49-51,62-63,65-66H,16,21-29,31H2,1-15H3/t32-,33-,34+,35+,36-,38-,43+,44+,45-,46+,47+,49+,50-,51-,53+,54-,55-/m1/s1. The average molecular weight is 1030 g/mol. The van der Waals surface area contributed by atoms with Gasteiger partial charge in [-0.25, -0.2) is 4.68 Å². The number of nitrogens with zero attached hydrogens (tertiary/aromatic N) is 6. The van der Waals surface area contributed by atoms with Crippen LogP contribution in [0.25, 0.3) is 11.1 Å². The zero-order valence-electron chi connectivity index (χ0n) is 46.5. The predicted octanol–water partition coefficient (Wildman–Crippen LogP) is 6.21. The molecule has 3 aliphatic heterocycles. The Bertz CT molecular complexity index is 2180. The molecule has 1 aromatic carbocycles. The lowest BCUT2D eigenvalue weighted by molar-refractivity contribution is -0.292. The number of aromatic nitrogens is 4. The van der Waals surface area contributed by atoms with Gasteiger partial charge in [-0.1, -0.05) is 55.4 Å². The summed E-state index contributed by atoms with van der Waals surface area (Å²) in [7, 11) is 5.64. The lowest BCUT2D eigenvalue weighted by atomic mass is 9.77. The summed E-state index contributed by atoms with van der Waals surface area (Å²) in [6.45, 7) is 23.6. The Morgan fingerprint density at radius 1 is 0.945 bits per heavy atom. The van der Waals surface area contributed by atoms with Crippen LogP contribution in [0.4, 0.5) is 0 Å². The molecule has 18 nitrogen and oxygen atoms in total. The number of hydrogen-bond acceptors (Lipinski definition) is 17. The number of carbonyl (C=O) groups is 1. The van der Waals surface area contributed by atoms with Gasteiger partial charge in [0.05, 0.1) is 65.6 Å². The Hall–Kier alpha value is -3.40. The Balaban J connectivity index is 1.21. The summed E-state index contributed by atoms with van der Waals surface area (Å²) >= 11 is 0. The first-order valence-electron chi connectivity index (χ1n) is 26.7. The first kappa shape index (κ1) is 58.9. The summed E-state index contributed by atoms with van der Waals surface area (Å²) in [5.41, 5.74) is 0.935. The van der Waals surface area contributed by atoms with Gasteiger partial charge in [0.1, 0.15) is 23.6 Å². The van der Waals surface area contributed by atoms with Crippen LogP contribution < -0.4 is 0 Å². The fraction of sp³-hybridized carbons (Fsp3) is 0.782. The van der Waals surface area contributed by atoms with Crippen LogP contribution in [0.5, 0.6) is 0 Å². The number of cyclic esters (lactones) is 1. The molecule has 0 radical (unpaired) electrons. The first-order valence-corrected chi connectivity index (χ1v) is 26.7. The quantitative estimate of drug-likeness (QED) is 0.124. The van der Waals surface area contributed by atoms with Gasteiger partial charge in [-0.15, -0.1) is 5.10 Å². The third-order valence-corrected chi connectivity index (χ3v) is 16.4. The molecule has 18 heteroatoms. The summed E-state index contributed by atoms with van der Waals surface area (Å²) < 4.78 is 46.3. The highest BCUT2D eigenvalue weighted by molar-refractivity contribution is 5.73. The first-order chi connectivity index (χ1) is 34.3. The van der Waals surface area contributed by atoms with Crippen LogP contribution >= 0.6 is 0 Å². The van der Waals surface area contributed by atoms with E-state index in [0.717, 1.165) is 40.3 Å². The van der Waals surface area contributed by atoms with E-state index in [1.54, 1.807) is 25.6 Å². The van der Waals surface area contributed by atoms with E-state index in [9.17, 15) is 25.2 Å². The van der Waals surface area contributed by atoms with E-state index >= 15 is 0 Å². The second-order valence-corrected chi connectivity index (χ2v) is 23.0. The second-order valence-electron chi connectivity index (χ2n) is 23.0. The van der Waals surface area contributed by atoms with Crippen LogP contribution in [0, 0.1) is 31.6 Å². The molecule has 0 aliphatic carbocycles. The third-order valence-electron chi connectivity index (χ3n) is 16.4. The molecule has 17 atom stereocenters. The third kappa shape index (κ3) is 14.4. The van der Waals surface area contributed by atoms with E-state index in [4.69, 9.17) is 32.9 Å². The molecule has 412 valence electrons. The molecule has 0 unspecified atom stereocenters. The zero-order chi connectivity index (χ0) is 53.7. The van der Waals surface area contributed by atoms with E-state index in [-0.39, 0.29) is 43.2 Å². The molecular formula is C55H90N6O12. The number of aliphatic hydroxyl groups excluding tert-OH is 2. The molecule has 3 saturated heterocycles. The van der Waals surface area contributed by atoms with Crippen molar-refractivity contribution in [3.8, 4) is 11.1 Å². The number of ether oxygens (including phenoxy) is 6. The monoisotopic (exact) mass is 1030 g/mol. The maximum Gasteiger partial charge on any atom is 0.311 e. The Morgan fingerprint density at radius 3 is 2.26 bits per heavy atom. The number of carbonyl (C=O) groups excluding carboxylic acids is 1. The van der Waals surface area contributed by atoms with Crippen molar-refractivity contribution in [2.24, 2.45) is 17.8 Å². The van der Waals surface area contributed by atoms with Crippen molar-refractivity contribution in [3.63, 3.8) is 0 Å². The van der Waals surface area contributed by atoms with Gasteiger partial charge in [0.15, 0.2) is 12.6 Å². The molecule has 3 aromatic rings. The van der Waals surface area contributed by atoms with E-state index in [2.05, 4.69) is 58.6 Å². The predicted molar refractivity (Wildman–Crippen MR) is 275 cm³/mol. The van der Waals surface area contributed by atoms with Crippen LogP contribution in [0.2, 0.25) is 0 Å². The SMILES string of the molecule is CC[C@H]1OC(=O)[C@H](C)[C@@H](O[C@H]2C[C@@](C)(OC)C[C@H](C)O2)[C@H](C)[C@@H](O[C@H]2C[C@@H](N(C)CCc3cn([C@H](CO)Cc4ccc(-c5c(C)noc5C)cc4)nn3)C[C@@H](C)O2)[C@](C)(O)C[C@@H](C)CN(C)[C@H](C)[C@@H](O)[C@]1(C)O. The van der Waals surface area contributed by atoms with Crippen LogP contribution in [0.1, 0.15) is 137 Å². The number of hydrogen-bond donors (Lipinski definition) is 4. The molecule has 0 saturated carbocycles. The van der Waals surface area contributed by atoms with Crippen molar-refractivity contribution < 1.29 is 58.2 Å². The minimum absolute atomic E-state index is 0.0499. The zero-order valence-corrected chi connectivity index (χ0v) is 46.5. The van der Waals surface area contributed by atoms with Crippen molar-refractivity contribution in [1.82, 2.24) is 30.0 Å². The fourth-order valence-corrected chi connectivity index (χ4v) is 12.0. The fourth-order valence-electron chi connectivity index (χ4n) is 12.0. The Morgan fingerprint density at radius 2 is 1.63 bits per heavy atom. The van der Waals surface area contributed by atoms with E-state index in [0.29, 0.717) is 51.6 Å². The van der Waals surface area contributed by atoms with Gasteiger partial charge in [-0.3, -0.25) is 4.79 Å². The summed E-state index contributed by atoms with van der Waals surface area (Å²) in [4.78, 5) is 18.8. The van der Waals surface area contributed by atoms with Gasteiger partial charge >= 0.3 is 5.97 Å². The molecule has 5 heterocycles. The van der Waals surface area contributed by atoms with Crippen LogP contribution in [-0.4, -0.2) is 175 Å². The Labute approximate surface area is 434 Å². The summed E-state index contributed by atoms with van der Waals surface area (Å²) in [5.74, 6) is -1.52. The molecule has 3 aliphatic rings. The number of rotatable bonds is 15. The van der Waals surface area contributed by atoms with Crippen LogP contribution in [-0.2, 0) is 46.1 Å². The van der Waals surface area contributed by atoms with Crippen molar-refractivity contribution in [1.29, 1.82) is 0 Å². The lowest BCUT2D eigenvalue weighted by Gasteiger charge is -2.47. The number of aliphatic hydroxyl groups is 4. The highest BCUT2D eigenvalue weighted by atomic mass is 16.7. The van der Waals surface area contributed by atoms with Gasteiger partial charge in [-0.05, 0) is 119 Å². The number of aryl methyl sites for hydroxylation is 2. The Kier molecular flexibility index (Phi) is 19.9. The van der Waals surface area contributed by atoms with Gasteiger partial charge < -0.3 is 63.2 Å². The molecule has 0 spiro atoms. The number of esters is 1. The molecule has 2 aromatic heterocycles. The van der Waals surface area contributed by atoms with Gasteiger partial charge in [0.2, 0.25) is 0 Å². The topological polar surface area (TPSA) is 217 Å². The molecule has 6 rings (SSSR count). The lowest BCUT2D eigenvalue weighted by Crippen LogP contribution is -2.59. The van der Waals surface area contributed by atoms with Crippen LogP contribution in [0.15, 0.2) is 35.0 Å². The second kappa shape index (κ2) is 24.7. The minimum atomic E-state index is -1.78. The summed E-state index contributed by atoms with van der Waals surface area (Å²) in [5, 5.41) is 59.9. The maximum absolute atomic E-state index is 14.5. The molecule has 0 bridgehead atoms. The van der Waals surface area contributed by atoms with Gasteiger partial charge in [0.25, 0.3) is 0 Å². The molecule has 4 N–H and O–H groups in total. The smallest absolute Gasteiger partial charge is 0.311 e. The van der Waals surface area contributed by atoms with E-state index < -0.39 is 77.6 Å². The van der Waals surface area contributed by atoms with Gasteiger partial charge in [0, 0.05) is 75.6 Å². The summed E-state index contributed by atoms with van der Waals surface area (Å²) in [6, 6.07) is 7.46. The number of methoxy groups -OCH3 is 1. The minimum Gasteiger partial charge on any atom is -0.459 e.